The summed E-state index contributed by atoms with van der Waals surface area (Å²) < 4.78 is 17.3. The van der Waals surface area contributed by atoms with Gasteiger partial charge in [0.15, 0.2) is 6.29 Å². The van der Waals surface area contributed by atoms with E-state index >= 15 is 0 Å². The van der Waals surface area contributed by atoms with E-state index < -0.39 is 43.6 Å². The van der Waals surface area contributed by atoms with E-state index in [1.54, 1.807) is 0 Å². The first kappa shape index (κ1) is 13.7. The van der Waals surface area contributed by atoms with Gasteiger partial charge in [0.1, 0.15) is 18.8 Å². The molecule has 1 saturated heterocycles. The highest BCUT2D eigenvalue weighted by atomic mass is 16.7. The Morgan fingerprint density at radius 3 is 2.94 bits per heavy atom. The molecule has 2 unspecified atom stereocenters. The lowest BCUT2D eigenvalue weighted by molar-refractivity contribution is -0.255. The van der Waals surface area contributed by atoms with Crippen LogP contribution in [-0.2, 0) is 14.3 Å². The van der Waals surface area contributed by atoms with E-state index in [0.29, 0.717) is 0 Å². The zero-order valence-corrected chi connectivity index (χ0v) is 9.86. The molecule has 1 aliphatic rings. The summed E-state index contributed by atoms with van der Waals surface area (Å²) in [5.41, 5.74) is 5.15. The van der Waals surface area contributed by atoms with Crippen molar-refractivity contribution in [3.63, 3.8) is 0 Å². The van der Waals surface area contributed by atoms with E-state index in [1.165, 1.54) is 0 Å². The summed E-state index contributed by atoms with van der Waals surface area (Å²) in [6.07, 6.45) is -4.09. The Labute approximate surface area is 106 Å². The van der Waals surface area contributed by atoms with Crippen LogP contribution in [0, 0.1) is 0 Å². The summed E-state index contributed by atoms with van der Waals surface area (Å²) in [7, 11) is 0. The number of rotatable bonds is 6. The number of hydrogen-bond acceptors (Lipinski definition) is 7. The van der Waals surface area contributed by atoms with E-state index in [0.717, 1.165) is 0 Å². The fraction of sp³-hybridized carbons (Fsp3) is 0.900. The molecule has 0 spiro atoms. The van der Waals surface area contributed by atoms with Gasteiger partial charge in [0, 0.05) is 20.9 Å². The van der Waals surface area contributed by atoms with E-state index in [9.17, 15) is 15.0 Å². The Bertz CT molecular complexity index is 293. The summed E-state index contributed by atoms with van der Waals surface area (Å²) in [5.74, 6) is -0.465. The average Bonchev–Trinajstić information content (AvgIpc) is 2.37. The maximum absolute atomic E-state index is 11.3. The van der Waals surface area contributed by atoms with Gasteiger partial charge >= 0.3 is 0 Å². The van der Waals surface area contributed by atoms with E-state index in [2.05, 4.69) is 5.32 Å². The van der Waals surface area contributed by atoms with Crippen LogP contribution >= 0.6 is 0 Å². The molecular formula is C10H20N2O6. The van der Waals surface area contributed by atoms with Gasteiger partial charge in [0.2, 0.25) is 5.91 Å². The fourth-order valence-corrected chi connectivity index (χ4v) is 1.57. The molecule has 0 aliphatic carbocycles. The SMILES string of the molecule is [2H]C(N)CNC(=O)COC1C[C@@H](O)[C@H](O)[C@@H](CO)O1. The number of carbonyl (C=O) groups is 1. The maximum Gasteiger partial charge on any atom is 0.246 e. The molecule has 1 amide bonds. The lowest BCUT2D eigenvalue weighted by Crippen LogP contribution is -2.51. The molecule has 0 aromatic rings. The Morgan fingerprint density at radius 2 is 2.33 bits per heavy atom. The van der Waals surface area contributed by atoms with Crippen molar-refractivity contribution in [2.24, 2.45) is 5.73 Å². The molecule has 1 fully saturated rings. The lowest BCUT2D eigenvalue weighted by atomic mass is 10.0. The summed E-state index contributed by atoms with van der Waals surface area (Å²) in [6, 6.07) is 0. The minimum absolute atomic E-state index is 0.00288. The van der Waals surface area contributed by atoms with Gasteiger partial charge in [-0.15, -0.1) is 0 Å². The van der Waals surface area contributed by atoms with Crippen LogP contribution in [-0.4, -0.2) is 72.1 Å². The summed E-state index contributed by atoms with van der Waals surface area (Å²) in [6.45, 7) is -1.67. The van der Waals surface area contributed by atoms with Crippen molar-refractivity contribution in [2.45, 2.75) is 31.0 Å². The third kappa shape index (κ3) is 4.48. The number of nitrogens with one attached hydrogen (secondary N) is 1. The molecular weight excluding hydrogens is 244 g/mol. The normalized spacial score (nSPS) is 34.8. The largest absolute Gasteiger partial charge is 0.394 e. The van der Waals surface area contributed by atoms with E-state index in [4.69, 9.17) is 21.7 Å². The topological polar surface area (TPSA) is 134 Å². The minimum atomic E-state index is -1.18. The number of carbonyl (C=O) groups excluding carboxylic acids is 1. The third-order valence-corrected chi connectivity index (χ3v) is 2.53. The average molecular weight is 265 g/mol. The van der Waals surface area contributed by atoms with Gasteiger partial charge in [-0.25, -0.2) is 0 Å². The molecule has 1 rings (SSSR count). The monoisotopic (exact) mass is 265 g/mol. The number of hydrogen-bond donors (Lipinski definition) is 5. The maximum atomic E-state index is 11.3. The Hall–Kier alpha value is -0.770. The molecule has 0 radical (unpaired) electrons. The predicted molar refractivity (Wildman–Crippen MR) is 60.4 cm³/mol. The molecule has 8 heteroatoms. The first-order valence-corrected chi connectivity index (χ1v) is 5.62. The fourth-order valence-electron chi connectivity index (χ4n) is 1.57. The van der Waals surface area contributed by atoms with Gasteiger partial charge in [-0.2, -0.15) is 0 Å². The van der Waals surface area contributed by atoms with Crippen LogP contribution in [0.2, 0.25) is 0 Å². The van der Waals surface area contributed by atoms with Gasteiger partial charge in [0.05, 0.1) is 12.7 Å². The van der Waals surface area contributed by atoms with Crippen LogP contribution < -0.4 is 11.1 Å². The number of amides is 1. The zero-order chi connectivity index (χ0) is 14.4. The van der Waals surface area contributed by atoms with Crippen molar-refractivity contribution >= 4 is 5.91 Å². The van der Waals surface area contributed by atoms with Gasteiger partial charge in [-0.3, -0.25) is 4.79 Å². The Balaban J connectivity index is 2.31. The molecule has 6 N–H and O–H groups in total. The van der Waals surface area contributed by atoms with Gasteiger partial charge in [0.25, 0.3) is 0 Å². The molecule has 1 aliphatic heterocycles. The van der Waals surface area contributed by atoms with Crippen molar-refractivity contribution in [3.05, 3.63) is 0 Å². The summed E-state index contributed by atoms with van der Waals surface area (Å²) >= 11 is 0. The number of aliphatic hydroxyl groups is 3. The van der Waals surface area contributed by atoms with Crippen LogP contribution in [0.4, 0.5) is 0 Å². The first-order chi connectivity index (χ1) is 8.93. The van der Waals surface area contributed by atoms with E-state index in [-0.39, 0.29) is 19.6 Å². The highest BCUT2D eigenvalue weighted by molar-refractivity contribution is 5.77. The second kappa shape index (κ2) is 7.62. The standard InChI is InChI=1S/C10H20N2O6/c11-1-2-12-8(15)5-17-9-3-6(14)10(16)7(4-13)18-9/h6-7,9-10,13-14,16H,1-5,11H2,(H,12,15)/t6-,7-,9?,10+/m1/s1/i1D/t1?,6-,7-,9?,10+. The third-order valence-electron chi connectivity index (χ3n) is 2.53. The van der Waals surface area contributed by atoms with Crippen LogP contribution in [0.3, 0.4) is 0 Å². The lowest BCUT2D eigenvalue weighted by Gasteiger charge is -2.35. The molecule has 1 heterocycles. The van der Waals surface area contributed by atoms with Crippen molar-refractivity contribution in [1.29, 1.82) is 0 Å². The molecule has 5 atom stereocenters. The smallest absolute Gasteiger partial charge is 0.246 e. The molecule has 18 heavy (non-hydrogen) atoms. The van der Waals surface area contributed by atoms with Gasteiger partial charge < -0.3 is 35.8 Å². The second-order valence-corrected chi connectivity index (χ2v) is 3.93. The molecule has 0 aromatic carbocycles. The van der Waals surface area contributed by atoms with Crippen LogP contribution in [0.15, 0.2) is 0 Å². The molecule has 8 nitrogen and oxygen atoms in total. The number of aliphatic hydroxyl groups excluding tert-OH is 3. The van der Waals surface area contributed by atoms with Gasteiger partial charge in [-0.1, -0.05) is 0 Å². The number of nitrogens with two attached hydrogens (primary N) is 1. The highest BCUT2D eigenvalue weighted by Crippen LogP contribution is 2.20. The van der Waals surface area contributed by atoms with Crippen LogP contribution in [0.25, 0.3) is 0 Å². The predicted octanol–water partition coefficient (Wildman–Crippen LogP) is -3.09. The Kier molecular flexibility index (Phi) is 5.78. The van der Waals surface area contributed by atoms with Crippen molar-refractivity contribution in [3.8, 4) is 0 Å². The summed E-state index contributed by atoms with van der Waals surface area (Å²) in [4.78, 5) is 11.3. The van der Waals surface area contributed by atoms with Gasteiger partial charge in [-0.05, 0) is 0 Å². The quantitative estimate of drug-likeness (QED) is 0.343. The second-order valence-electron chi connectivity index (χ2n) is 3.93. The highest BCUT2D eigenvalue weighted by Gasteiger charge is 2.36. The van der Waals surface area contributed by atoms with Crippen LogP contribution in [0.5, 0.6) is 0 Å². The molecule has 0 aromatic heterocycles. The van der Waals surface area contributed by atoms with Crippen molar-refractivity contribution in [2.75, 3.05) is 26.3 Å². The van der Waals surface area contributed by atoms with E-state index in [1.807, 2.05) is 0 Å². The zero-order valence-electron chi connectivity index (χ0n) is 10.9. The molecule has 0 saturated carbocycles. The van der Waals surface area contributed by atoms with Crippen molar-refractivity contribution < 1.29 is 31.0 Å². The minimum Gasteiger partial charge on any atom is -0.394 e. The molecule has 0 bridgehead atoms. The Morgan fingerprint density at radius 1 is 1.61 bits per heavy atom. The first-order valence-electron chi connectivity index (χ1n) is 6.20. The molecule has 106 valence electrons. The number of ether oxygens (including phenoxy) is 2. The van der Waals surface area contributed by atoms with Crippen molar-refractivity contribution in [1.82, 2.24) is 5.32 Å². The van der Waals surface area contributed by atoms with Crippen LogP contribution in [0.1, 0.15) is 7.79 Å². The summed E-state index contributed by atoms with van der Waals surface area (Å²) in [5, 5.41) is 30.3.